The van der Waals surface area contributed by atoms with Crippen LogP contribution in [0, 0.1) is 5.41 Å². The number of thiophene rings is 1. The summed E-state index contributed by atoms with van der Waals surface area (Å²) in [5.41, 5.74) is -0.832. The molecule has 0 aliphatic carbocycles. The summed E-state index contributed by atoms with van der Waals surface area (Å²) in [4.78, 5) is 13.1. The summed E-state index contributed by atoms with van der Waals surface area (Å²) in [6, 6.07) is 2.07. The molecule has 0 radical (unpaired) electrons. The highest BCUT2D eigenvalue weighted by Crippen LogP contribution is 2.50. The Kier molecular flexibility index (Phi) is 3.36. The number of halogens is 1. The first-order valence-electron chi connectivity index (χ1n) is 5.35. The fourth-order valence-electron chi connectivity index (χ4n) is 2.13. The van der Waals surface area contributed by atoms with Crippen LogP contribution in [0.3, 0.4) is 0 Å². The topological polar surface area (TPSA) is 35.5 Å². The molecule has 1 aliphatic rings. The third-order valence-corrected chi connectivity index (χ3v) is 5.52. The molecular weight excluding hydrogens is 304 g/mol. The summed E-state index contributed by atoms with van der Waals surface area (Å²) < 4.78 is 11.3. The lowest BCUT2D eigenvalue weighted by molar-refractivity contribution is -0.174. The van der Waals surface area contributed by atoms with Gasteiger partial charge in [0.25, 0.3) is 0 Å². The maximum Gasteiger partial charge on any atom is 0.312 e. The fourth-order valence-corrected chi connectivity index (χ4v) is 3.89. The summed E-state index contributed by atoms with van der Waals surface area (Å²) in [7, 11) is 1.43. The highest BCUT2D eigenvalue weighted by Gasteiger charge is 2.57. The van der Waals surface area contributed by atoms with Gasteiger partial charge in [-0.2, -0.15) is 0 Å². The molecule has 0 amide bonds. The Morgan fingerprint density at radius 1 is 1.59 bits per heavy atom. The number of carbonyl (C=O) groups excluding carboxylic acids is 1. The van der Waals surface area contributed by atoms with Crippen LogP contribution in [0.2, 0.25) is 0 Å². The molecule has 1 aromatic heterocycles. The summed E-state index contributed by atoms with van der Waals surface area (Å²) in [6.07, 6.45) is 0. The van der Waals surface area contributed by atoms with Crippen LogP contribution >= 0.6 is 27.3 Å². The van der Waals surface area contributed by atoms with E-state index in [-0.39, 0.29) is 11.4 Å². The van der Waals surface area contributed by atoms with E-state index in [0.29, 0.717) is 13.2 Å². The minimum absolute atomic E-state index is 0.190. The minimum Gasteiger partial charge on any atom is -0.469 e. The van der Waals surface area contributed by atoms with Gasteiger partial charge in [0.15, 0.2) is 0 Å². The lowest BCUT2D eigenvalue weighted by Gasteiger charge is -2.50. The zero-order chi connectivity index (χ0) is 12.7. The highest BCUT2D eigenvalue weighted by molar-refractivity contribution is 9.10. The van der Waals surface area contributed by atoms with Gasteiger partial charge >= 0.3 is 5.97 Å². The molecule has 0 N–H and O–H groups in total. The average molecular weight is 319 g/mol. The van der Waals surface area contributed by atoms with Crippen LogP contribution in [0.25, 0.3) is 0 Å². The Labute approximate surface area is 113 Å². The normalized spacial score (nSPS) is 18.6. The van der Waals surface area contributed by atoms with Gasteiger partial charge in [0.1, 0.15) is 0 Å². The van der Waals surface area contributed by atoms with Gasteiger partial charge in [0.05, 0.1) is 31.2 Å². The molecule has 1 fully saturated rings. The van der Waals surface area contributed by atoms with Crippen molar-refractivity contribution in [3.05, 3.63) is 20.8 Å². The molecule has 0 atom stereocenters. The quantitative estimate of drug-likeness (QED) is 0.804. The van der Waals surface area contributed by atoms with Gasteiger partial charge in [0, 0.05) is 14.7 Å². The second-order valence-electron chi connectivity index (χ2n) is 4.82. The average Bonchev–Trinajstić information content (AvgIpc) is 2.61. The zero-order valence-electron chi connectivity index (χ0n) is 10.1. The fraction of sp³-hybridized carbons (Fsp3) is 0.583. The Hall–Kier alpha value is -0.390. The van der Waals surface area contributed by atoms with E-state index in [1.807, 2.05) is 19.2 Å². The predicted molar refractivity (Wildman–Crippen MR) is 70.3 cm³/mol. The number of hydrogen-bond acceptors (Lipinski definition) is 4. The van der Waals surface area contributed by atoms with Crippen molar-refractivity contribution in [2.24, 2.45) is 5.41 Å². The van der Waals surface area contributed by atoms with E-state index in [4.69, 9.17) is 9.47 Å². The molecule has 1 saturated heterocycles. The van der Waals surface area contributed by atoms with Crippen LogP contribution in [0.5, 0.6) is 0 Å². The zero-order valence-corrected chi connectivity index (χ0v) is 12.5. The molecule has 17 heavy (non-hydrogen) atoms. The molecule has 0 spiro atoms. The van der Waals surface area contributed by atoms with E-state index in [0.717, 1.165) is 4.47 Å². The van der Waals surface area contributed by atoms with Gasteiger partial charge in [-0.3, -0.25) is 4.79 Å². The van der Waals surface area contributed by atoms with Crippen LogP contribution in [0.15, 0.2) is 15.9 Å². The Bertz CT molecular complexity index is 435. The van der Waals surface area contributed by atoms with E-state index in [9.17, 15) is 4.79 Å². The maximum atomic E-state index is 12.0. The van der Waals surface area contributed by atoms with E-state index < -0.39 is 5.41 Å². The van der Waals surface area contributed by atoms with Gasteiger partial charge in [-0.25, -0.2) is 0 Å². The predicted octanol–water partition coefficient (Wildman–Crippen LogP) is 2.98. The maximum absolute atomic E-state index is 12.0. The molecule has 94 valence electrons. The number of hydrogen-bond donors (Lipinski definition) is 0. The summed E-state index contributed by atoms with van der Waals surface area (Å²) in [6.45, 7) is 4.99. The van der Waals surface area contributed by atoms with Crippen LogP contribution < -0.4 is 0 Å². The molecule has 5 heteroatoms. The molecular formula is C12H15BrO3S. The first-order chi connectivity index (χ1) is 7.94. The summed E-state index contributed by atoms with van der Waals surface area (Å²) >= 11 is 5.10. The third-order valence-electron chi connectivity index (χ3n) is 3.63. The molecule has 0 unspecified atom stereocenters. The van der Waals surface area contributed by atoms with Crippen molar-refractivity contribution in [3.8, 4) is 0 Å². The second-order valence-corrected chi connectivity index (χ2v) is 6.65. The van der Waals surface area contributed by atoms with Crippen molar-refractivity contribution in [2.45, 2.75) is 19.3 Å². The van der Waals surface area contributed by atoms with Crippen LogP contribution in [0.4, 0.5) is 0 Å². The van der Waals surface area contributed by atoms with Crippen molar-refractivity contribution in [1.82, 2.24) is 0 Å². The number of carbonyl (C=O) groups is 1. The van der Waals surface area contributed by atoms with Crippen molar-refractivity contribution in [1.29, 1.82) is 0 Å². The Balaban J connectivity index is 2.41. The lowest BCUT2D eigenvalue weighted by Crippen LogP contribution is -2.59. The molecule has 1 aromatic rings. The van der Waals surface area contributed by atoms with E-state index in [1.165, 1.54) is 12.0 Å². The highest BCUT2D eigenvalue weighted by atomic mass is 79.9. The number of rotatable bonds is 3. The lowest BCUT2D eigenvalue weighted by atomic mass is 9.63. The summed E-state index contributed by atoms with van der Waals surface area (Å²) in [5.74, 6) is -0.190. The van der Waals surface area contributed by atoms with Crippen LogP contribution in [-0.4, -0.2) is 26.3 Å². The van der Waals surface area contributed by atoms with Gasteiger partial charge in [-0.05, 0) is 35.8 Å². The van der Waals surface area contributed by atoms with Gasteiger partial charge in [0.2, 0.25) is 0 Å². The monoisotopic (exact) mass is 318 g/mol. The first-order valence-corrected chi connectivity index (χ1v) is 7.02. The van der Waals surface area contributed by atoms with Crippen LogP contribution in [0.1, 0.15) is 18.7 Å². The van der Waals surface area contributed by atoms with Crippen molar-refractivity contribution < 1.29 is 14.3 Å². The van der Waals surface area contributed by atoms with Crippen LogP contribution in [-0.2, 0) is 19.7 Å². The molecule has 1 aliphatic heterocycles. The van der Waals surface area contributed by atoms with E-state index in [2.05, 4.69) is 22.0 Å². The number of methoxy groups -OCH3 is 1. The molecule has 3 nitrogen and oxygen atoms in total. The van der Waals surface area contributed by atoms with E-state index >= 15 is 0 Å². The Morgan fingerprint density at radius 3 is 2.59 bits per heavy atom. The van der Waals surface area contributed by atoms with E-state index in [1.54, 1.807) is 11.3 Å². The summed E-state index contributed by atoms with van der Waals surface area (Å²) in [5, 5.41) is 2.03. The molecule has 0 saturated carbocycles. The van der Waals surface area contributed by atoms with Crippen molar-refractivity contribution >= 4 is 33.2 Å². The van der Waals surface area contributed by atoms with Gasteiger partial charge in [-0.15, -0.1) is 11.3 Å². The first kappa shape index (κ1) is 13.1. The Morgan fingerprint density at radius 2 is 2.24 bits per heavy atom. The van der Waals surface area contributed by atoms with Gasteiger partial charge in [-0.1, -0.05) is 0 Å². The molecule has 0 bridgehead atoms. The molecule has 2 rings (SSSR count). The standard InChI is InChI=1S/C12H15BrO3S/c1-11(2,10(14)15-3)12(6-16-7-12)9-4-8(13)5-17-9/h4-5H,6-7H2,1-3H3. The minimum atomic E-state index is -0.579. The largest absolute Gasteiger partial charge is 0.469 e. The SMILES string of the molecule is COC(=O)C(C)(C)C1(c2cc(Br)cs2)COC1. The second kappa shape index (κ2) is 4.37. The third kappa shape index (κ3) is 1.84. The van der Waals surface area contributed by atoms with Crippen molar-refractivity contribution in [2.75, 3.05) is 20.3 Å². The number of esters is 1. The molecule has 0 aromatic carbocycles. The molecule has 2 heterocycles. The number of ether oxygens (including phenoxy) is 2. The smallest absolute Gasteiger partial charge is 0.312 e. The van der Waals surface area contributed by atoms with Gasteiger partial charge < -0.3 is 9.47 Å². The van der Waals surface area contributed by atoms with Crippen molar-refractivity contribution in [3.63, 3.8) is 0 Å².